The van der Waals surface area contributed by atoms with Gasteiger partial charge in [0, 0.05) is 41.4 Å². The molecule has 0 fully saturated rings. The second kappa shape index (κ2) is 10.6. The summed E-state index contributed by atoms with van der Waals surface area (Å²) in [6.45, 7) is 9.03. The molecule has 0 spiro atoms. The summed E-state index contributed by atoms with van der Waals surface area (Å²) >= 11 is 0. The Morgan fingerprint density at radius 2 is 1.86 bits per heavy atom. The molecule has 7 nitrogen and oxygen atoms in total. The number of carboxylic acid groups (broad SMARTS) is 1. The van der Waals surface area contributed by atoms with Crippen LogP contribution >= 0.6 is 0 Å². The van der Waals surface area contributed by atoms with E-state index in [1.807, 2.05) is 30.3 Å². The van der Waals surface area contributed by atoms with E-state index >= 15 is 0 Å². The average molecular weight is 486 g/mol. The van der Waals surface area contributed by atoms with E-state index in [-0.39, 0.29) is 5.91 Å². The van der Waals surface area contributed by atoms with Crippen LogP contribution in [0.4, 0.5) is 0 Å². The standard InChI is InChI=1S/C29H31N3O4/c1-18(2)23-7-5-6-21(10-23)14-31-29(35)24-8-9-27-26(12-24)19(3)20(4)32(27)16-22-11-25(15-30-13-22)36-17-28(33)34/h5-13,15,18H,14,16-17H2,1-4H3,(H,31,35)(H,33,34). The van der Waals surface area contributed by atoms with E-state index < -0.39 is 12.6 Å². The van der Waals surface area contributed by atoms with Crippen LogP contribution in [0.5, 0.6) is 5.75 Å². The molecule has 0 aliphatic rings. The molecule has 1 amide bonds. The Hall–Kier alpha value is -4.13. The zero-order valence-electron chi connectivity index (χ0n) is 21.0. The number of carbonyl (C=O) groups is 2. The molecule has 0 aliphatic carbocycles. The zero-order valence-corrected chi connectivity index (χ0v) is 21.0. The SMILES string of the molecule is Cc1c(C)n(Cc2cncc(OCC(=O)O)c2)c2ccc(C(=O)NCc3cccc(C(C)C)c3)cc12. The molecule has 0 saturated heterocycles. The molecule has 4 aromatic rings. The molecule has 7 heteroatoms. The molecule has 2 aromatic heterocycles. The van der Waals surface area contributed by atoms with Crippen molar-refractivity contribution >= 4 is 22.8 Å². The predicted octanol–water partition coefficient (Wildman–Crippen LogP) is 5.22. The van der Waals surface area contributed by atoms with Crippen molar-refractivity contribution in [2.24, 2.45) is 0 Å². The van der Waals surface area contributed by atoms with E-state index in [1.165, 1.54) is 11.8 Å². The summed E-state index contributed by atoms with van der Waals surface area (Å²) < 4.78 is 7.44. The topological polar surface area (TPSA) is 93.5 Å². The first-order valence-electron chi connectivity index (χ1n) is 12.0. The summed E-state index contributed by atoms with van der Waals surface area (Å²) in [5.41, 5.74) is 7.06. The number of hydrogen-bond acceptors (Lipinski definition) is 4. The van der Waals surface area contributed by atoms with Crippen LogP contribution in [0.25, 0.3) is 10.9 Å². The second-order valence-electron chi connectivity index (χ2n) is 9.32. The van der Waals surface area contributed by atoms with Crippen molar-refractivity contribution in [1.82, 2.24) is 14.9 Å². The van der Waals surface area contributed by atoms with E-state index in [2.05, 4.69) is 54.7 Å². The maximum Gasteiger partial charge on any atom is 0.341 e. The summed E-state index contributed by atoms with van der Waals surface area (Å²) in [4.78, 5) is 27.9. The fourth-order valence-electron chi connectivity index (χ4n) is 4.30. The fourth-order valence-corrected chi connectivity index (χ4v) is 4.30. The zero-order chi connectivity index (χ0) is 25.8. The number of hydrogen-bond donors (Lipinski definition) is 2. The lowest BCUT2D eigenvalue weighted by Gasteiger charge is -2.11. The van der Waals surface area contributed by atoms with Gasteiger partial charge in [-0.1, -0.05) is 38.1 Å². The Kier molecular flexibility index (Phi) is 7.38. The molecule has 0 unspecified atom stereocenters. The fraction of sp³-hybridized carbons (Fsp3) is 0.276. The van der Waals surface area contributed by atoms with Crippen LogP contribution in [-0.2, 0) is 17.9 Å². The third-order valence-corrected chi connectivity index (χ3v) is 6.44. The van der Waals surface area contributed by atoms with Gasteiger partial charge in [-0.05, 0) is 66.3 Å². The van der Waals surface area contributed by atoms with E-state index in [4.69, 9.17) is 9.84 Å². The maximum atomic E-state index is 12.9. The number of nitrogens with one attached hydrogen (secondary N) is 1. The molecule has 0 radical (unpaired) electrons. The van der Waals surface area contributed by atoms with Gasteiger partial charge in [-0.25, -0.2) is 4.79 Å². The Morgan fingerprint density at radius 1 is 1.06 bits per heavy atom. The Bertz CT molecular complexity index is 1420. The van der Waals surface area contributed by atoms with Gasteiger partial charge in [0.25, 0.3) is 5.91 Å². The number of carboxylic acids is 1. The van der Waals surface area contributed by atoms with Crippen LogP contribution in [0.2, 0.25) is 0 Å². The van der Waals surface area contributed by atoms with Gasteiger partial charge in [-0.3, -0.25) is 9.78 Å². The van der Waals surface area contributed by atoms with Crippen molar-refractivity contribution in [2.45, 2.75) is 46.7 Å². The summed E-state index contributed by atoms with van der Waals surface area (Å²) in [5, 5.41) is 12.9. The average Bonchev–Trinajstić information content (AvgIpc) is 3.10. The number of ether oxygens (including phenoxy) is 1. The highest BCUT2D eigenvalue weighted by Gasteiger charge is 2.15. The highest BCUT2D eigenvalue weighted by molar-refractivity contribution is 5.99. The first-order valence-corrected chi connectivity index (χ1v) is 12.0. The highest BCUT2D eigenvalue weighted by atomic mass is 16.5. The smallest absolute Gasteiger partial charge is 0.341 e. The van der Waals surface area contributed by atoms with Gasteiger partial charge in [0.15, 0.2) is 6.61 Å². The summed E-state index contributed by atoms with van der Waals surface area (Å²) in [6.07, 6.45) is 3.24. The minimum atomic E-state index is -1.04. The van der Waals surface area contributed by atoms with Gasteiger partial charge >= 0.3 is 5.97 Å². The normalized spacial score (nSPS) is 11.1. The molecule has 2 aromatic carbocycles. The number of carbonyl (C=O) groups excluding carboxylic acids is 1. The molecule has 0 atom stereocenters. The Labute approximate surface area is 210 Å². The number of fused-ring (bicyclic) bond motifs is 1. The van der Waals surface area contributed by atoms with Gasteiger partial charge in [0.2, 0.25) is 0 Å². The molecule has 0 bridgehead atoms. The largest absolute Gasteiger partial charge is 0.480 e. The number of pyridine rings is 1. The number of amides is 1. The van der Waals surface area contributed by atoms with E-state index in [9.17, 15) is 9.59 Å². The molecule has 4 rings (SSSR count). The third-order valence-electron chi connectivity index (χ3n) is 6.44. The second-order valence-corrected chi connectivity index (χ2v) is 9.32. The van der Waals surface area contributed by atoms with Crippen LogP contribution in [0.3, 0.4) is 0 Å². The van der Waals surface area contributed by atoms with Crippen molar-refractivity contribution in [3.63, 3.8) is 0 Å². The van der Waals surface area contributed by atoms with Gasteiger partial charge in [-0.2, -0.15) is 0 Å². The van der Waals surface area contributed by atoms with Crippen molar-refractivity contribution in [2.75, 3.05) is 6.61 Å². The monoisotopic (exact) mass is 485 g/mol. The van der Waals surface area contributed by atoms with Gasteiger partial charge in [-0.15, -0.1) is 0 Å². The lowest BCUT2D eigenvalue weighted by molar-refractivity contribution is -0.139. The summed E-state index contributed by atoms with van der Waals surface area (Å²) in [6, 6.07) is 15.9. The highest BCUT2D eigenvalue weighted by Crippen LogP contribution is 2.28. The number of nitrogens with zero attached hydrogens (tertiary/aromatic N) is 2. The van der Waals surface area contributed by atoms with Gasteiger partial charge in [0.1, 0.15) is 5.75 Å². The number of aromatic nitrogens is 2. The number of benzene rings is 2. The number of aliphatic carboxylic acids is 1. The van der Waals surface area contributed by atoms with Gasteiger partial charge in [0.05, 0.1) is 6.20 Å². The molecule has 36 heavy (non-hydrogen) atoms. The summed E-state index contributed by atoms with van der Waals surface area (Å²) in [7, 11) is 0. The van der Waals surface area contributed by atoms with Crippen molar-refractivity contribution in [1.29, 1.82) is 0 Å². The lowest BCUT2D eigenvalue weighted by Crippen LogP contribution is -2.22. The molecule has 186 valence electrons. The first-order chi connectivity index (χ1) is 17.2. The van der Waals surface area contributed by atoms with Crippen LogP contribution in [-0.4, -0.2) is 33.1 Å². The molecule has 2 N–H and O–H groups in total. The predicted molar refractivity (Wildman–Crippen MR) is 140 cm³/mol. The van der Waals surface area contributed by atoms with E-state index in [0.717, 1.165) is 33.3 Å². The van der Waals surface area contributed by atoms with Gasteiger partial charge < -0.3 is 19.7 Å². The molecule has 0 aliphatic heterocycles. The van der Waals surface area contributed by atoms with Crippen LogP contribution < -0.4 is 10.1 Å². The van der Waals surface area contributed by atoms with Crippen LogP contribution in [0.1, 0.15) is 58.1 Å². The molecular formula is C29H31N3O4. The quantitative estimate of drug-likeness (QED) is 0.339. The van der Waals surface area contributed by atoms with Crippen molar-refractivity contribution < 1.29 is 19.4 Å². The van der Waals surface area contributed by atoms with Crippen molar-refractivity contribution in [3.8, 4) is 5.75 Å². The van der Waals surface area contributed by atoms with Crippen LogP contribution in [0, 0.1) is 13.8 Å². The summed E-state index contributed by atoms with van der Waals surface area (Å²) in [5.74, 6) is -0.288. The minimum Gasteiger partial charge on any atom is -0.480 e. The molecule has 2 heterocycles. The minimum absolute atomic E-state index is 0.107. The van der Waals surface area contributed by atoms with E-state index in [1.54, 1.807) is 12.3 Å². The molecular weight excluding hydrogens is 454 g/mol. The lowest BCUT2D eigenvalue weighted by atomic mass is 10.0. The molecule has 0 saturated carbocycles. The Morgan fingerprint density at radius 3 is 2.61 bits per heavy atom. The van der Waals surface area contributed by atoms with Crippen molar-refractivity contribution in [3.05, 3.63) is 94.4 Å². The van der Waals surface area contributed by atoms with E-state index in [0.29, 0.717) is 30.3 Å². The number of rotatable bonds is 9. The first kappa shape index (κ1) is 25.0. The Balaban J connectivity index is 1.53. The van der Waals surface area contributed by atoms with Crippen LogP contribution in [0.15, 0.2) is 60.9 Å². The number of aryl methyl sites for hydroxylation is 1. The maximum absolute atomic E-state index is 12.9. The third kappa shape index (κ3) is 5.57.